The molecule has 1 aromatic carbocycles. The quantitative estimate of drug-likeness (QED) is 0.636. The molecule has 2 aromatic rings. The summed E-state index contributed by atoms with van der Waals surface area (Å²) in [6.45, 7) is 3.08. The maximum Gasteiger partial charge on any atom is 0.282 e. The predicted octanol–water partition coefficient (Wildman–Crippen LogP) is 5.24. The summed E-state index contributed by atoms with van der Waals surface area (Å²) in [5.41, 5.74) is 2.92. The second kappa shape index (κ2) is 7.43. The average molecular weight is 491 g/mol. The molecule has 3 heterocycles. The van der Waals surface area contributed by atoms with Gasteiger partial charge in [0.2, 0.25) is 0 Å². The van der Waals surface area contributed by atoms with E-state index in [1.165, 1.54) is 30.6 Å². The van der Waals surface area contributed by atoms with Gasteiger partial charge in [0.1, 0.15) is 11.6 Å². The third-order valence-corrected chi connectivity index (χ3v) is 7.19. The molecule has 3 fully saturated rings. The van der Waals surface area contributed by atoms with Gasteiger partial charge in [0.15, 0.2) is 0 Å². The van der Waals surface area contributed by atoms with Crippen molar-refractivity contribution >= 4 is 39.2 Å². The Hall–Kier alpha value is -2.22. The number of nitrogens with one attached hydrogen (secondary N) is 1. The molecule has 1 aliphatic carbocycles. The first-order chi connectivity index (χ1) is 14.7. The first-order valence-corrected chi connectivity index (χ1v) is 11.5. The van der Waals surface area contributed by atoms with Gasteiger partial charge in [-0.25, -0.2) is 13.8 Å². The molecule has 0 unspecified atom stereocenters. The molecule has 1 aromatic heterocycles. The normalized spacial score (nSPS) is 21.0. The predicted molar refractivity (Wildman–Crippen MR) is 121 cm³/mol. The van der Waals surface area contributed by atoms with Crippen LogP contribution in [-0.2, 0) is 0 Å². The number of halogens is 3. The highest BCUT2D eigenvalue weighted by Crippen LogP contribution is 2.54. The number of hydrogen-bond acceptors (Lipinski definition) is 4. The number of nitrogens with zero attached hydrogens (tertiary/aromatic N) is 3. The summed E-state index contributed by atoms with van der Waals surface area (Å²) in [4.78, 5) is 21.4. The Kier molecular flexibility index (Phi) is 4.95. The number of carbonyl (C=O) groups is 1. The van der Waals surface area contributed by atoms with Gasteiger partial charge in [-0.05, 0) is 73.9 Å². The fourth-order valence-electron chi connectivity index (χ4n) is 4.59. The summed E-state index contributed by atoms with van der Waals surface area (Å²) in [5, 5.41) is 2.88. The van der Waals surface area contributed by atoms with E-state index in [2.05, 4.69) is 31.1 Å². The van der Waals surface area contributed by atoms with E-state index in [0.29, 0.717) is 22.6 Å². The van der Waals surface area contributed by atoms with E-state index in [-0.39, 0.29) is 19.0 Å². The lowest BCUT2D eigenvalue weighted by Crippen LogP contribution is -2.56. The summed E-state index contributed by atoms with van der Waals surface area (Å²) in [6, 6.07) is 9.20. The molecule has 0 radical (unpaired) electrons. The SMILES string of the molecule is Cc1cc(NC(=O)c2ccc(Br)cc2N2CCC3(CC2)CC3)nc(N2CC(F)(F)C2)c1. The number of rotatable bonds is 4. The number of piperidine rings is 1. The first kappa shape index (κ1) is 20.7. The van der Waals surface area contributed by atoms with Crippen LogP contribution < -0.4 is 15.1 Å². The number of anilines is 3. The van der Waals surface area contributed by atoms with Crippen molar-refractivity contribution in [1.29, 1.82) is 0 Å². The van der Waals surface area contributed by atoms with Crippen LogP contribution in [0.4, 0.5) is 26.1 Å². The molecule has 5 rings (SSSR count). The van der Waals surface area contributed by atoms with E-state index >= 15 is 0 Å². The van der Waals surface area contributed by atoms with E-state index < -0.39 is 5.92 Å². The molecule has 2 aliphatic heterocycles. The summed E-state index contributed by atoms with van der Waals surface area (Å²) in [6.07, 6.45) is 5.00. The summed E-state index contributed by atoms with van der Waals surface area (Å²) in [7, 11) is 0. The number of carbonyl (C=O) groups excluding carboxylic acids is 1. The Morgan fingerprint density at radius 2 is 1.77 bits per heavy atom. The van der Waals surface area contributed by atoms with Crippen molar-refractivity contribution in [2.75, 3.05) is 41.3 Å². The van der Waals surface area contributed by atoms with Crippen LogP contribution in [0, 0.1) is 12.3 Å². The van der Waals surface area contributed by atoms with Crippen molar-refractivity contribution in [3.05, 3.63) is 45.9 Å². The van der Waals surface area contributed by atoms with Crippen molar-refractivity contribution in [3.63, 3.8) is 0 Å². The molecule has 1 amide bonds. The van der Waals surface area contributed by atoms with Crippen molar-refractivity contribution < 1.29 is 13.6 Å². The lowest BCUT2D eigenvalue weighted by molar-refractivity contribution is -0.0267. The van der Waals surface area contributed by atoms with Crippen molar-refractivity contribution in [2.45, 2.75) is 38.5 Å². The Labute approximate surface area is 188 Å². The Morgan fingerprint density at radius 3 is 2.42 bits per heavy atom. The van der Waals surface area contributed by atoms with Crippen LogP contribution in [0.5, 0.6) is 0 Å². The maximum absolute atomic E-state index is 13.3. The van der Waals surface area contributed by atoms with Crippen LogP contribution in [0.3, 0.4) is 0 Å². The van der Waals surface area contributed by atoms with Crippen molar-refractivity contribution in [1.82, 2.24) is 4.98 Å². The zero-order valence-electron chi connectivity index (χ0n) is 17.4. The third kappa shape index (κ3) is 4.27. The van der Waals surface area contributed by atoms with Gasteiger partial charge in [0.05, 0.1) is 24.3 Å². The molecule has 31 heavy (non-hydrogen) atoms. The highest BCUT2D eigenvalue weighted by Gasteiger charge is 2.45. The molecule has 3 aliphatic rings. The van der Waals surface area contributed by atoms with E-state index in [1.54, 1.807) is 12.1 Å². The Morgan fingerprint density at radius 1 is 1.06 bits per heavy atom. The van der Waals surface area contributed by atoms with Gasteiger partial charge in [-0.15, -0.1) is 0 Å². The highest BCUT2D eigenvalue weighted by atomic mass is 79.9. The third-order valence-electron chi connectivity index (χ3n) is 6.69. The van der Waals surface area contributed by atoms with Gasteiger partial charge in [0, 0.05) is 17.6 Å². The molecule has 1 saturated carbocycles. The van der Waals surface area contributed by atoms with Gasteiger partial charge in [-0.2, -0.15) is 0 Å². The minimum atomic E-state index is -2.67. The van der Waals surface area contributed by atoms with Crippen LogP contribution in [0.15, 0.2) is 34.8 Å². The lowest BCUT2D eigenvalue weighted by atomic mass is 9.93. The van der Waals surface area contributed by atoms with Gasteiger partial charge in [0.25, 0.3) is 11.8 Å². The largest absolute Gasteiger partial charge is 0.371 e. The fraction of sp³-hybridized carbons (Fsp3) is 0.478. The van der Waals surface area contributed by atoms with E-state index in [4.69, 9.17) is 0 Å². The molecule has 2 saturated heterocycles. The summed E-state index contributed by atoms with van der Waals surface area (Å²) < 4.78 is 27.5. The molecule has 164 valence electrons. The highest BCUT2D eigenvalue weighted by molar-refractivity contribution is 9.10. The van der Waals surface area contributed by atoms with Gasteiger partial charge < -0.3 is 15.1 Å². The zero-order chi connectivity index (χ0) is 21.8. The minimum Gasteiger partial charge on any atom is -0.371 e. The standard InChI is InChI=1S/C23H25BrF2N4O/c1-15-10-19(27-20(11-15)30-13-23(25,26)14-30)28-21(31)17-3-2-16(24)12-18(17)29-8-6-22(4-5-22)7-9-29/h2-3,10-12H,4-9,13-14H2,1H3,(H,27,28,31). The minimum absolute atomic E-state index is 0.243. The average Bonchev–Trinajstić information content (AvgIpc) is 3.45. The van der Waals surface area contributed by atoms with Gasteiger partial charge >= 0.3 is 0 Å². The molecule has 0 bridgehead atoms. The fourth-order valence-corrected chi connectivity index (χ4v) is 4.94. The summed E-state index contributed by atoms with van der Waals surface area (Å²) >= 11 is 3.53. The smallest absolute Gasteiger partial charge is 0.282 e. The molecular weight excluding hydrogens is 466 g/mol. The Bertz CT molecular complexity index is 1020. The second-order valence-corrected chi connectivity index (χ2v) is 10.1. The number of aryl methyl sites for hydroxylation is 1. The molecule has 5 nitrogen and oxygen atoms in total. The van der Waals surface area contributed by atoms with E-state index in [9.17, 15) is 13.6 Å². The number of amides is 1. The van der Waals surface area contributed by atoms with Crippen LogP contribution in [-0.4, -0.2) is 43.0 Å². The van der Waals surface area contributed by atoms with E-state index in [1.807, 2.05) is 25.1 Å². The van der Waals surface area contributed by atoms with Crippen LogP contribution in [0.25, 0.3) is 0 Å². The van der Waals surface area contributed by atoms with E-state index in [0.717, 1.165) is 28.8 Å². The second-order valence-electron chi connectivity index (χ2n) is 9.20. The molecule has 1 spiro atoms. The molecule has 1 N–H and O–H groups in total. The molecule has 8 heteroatoms. The summed E-state index contributed by atoms with van der Waals surface area (Å²) in [5.74, 6) is -2.08. The maximum atomic E-state index is 13.3. The van der Waals surface area contributed by atoms with Crippen LogP contribution in [0.2, 0.25) is 0 Å². The number of benzene rings is 1. The number of aromatic nitrogens is 1. The number of hydrogen-bond donors (Lipinski definition) is 1. The van der Waals surface area contributed by atoms with Crippen molar-refractivity contribution in [3.8, 4) is 0 Å². The molecular formula is C23H25BrF2N4O. The van der Waals surface area contributed by atoms with Gasteiger partial charge in [-0.1, -0.05) is 15.9 Å². The topological polar surface area (TPSA) is 48.5 Å². The van der Waals surface area contributed by atoms with Crippen LogP contribution >= 0.6 is 15.9 Å². The monoisotopic (exact) mass is 490 g/mol. The Balaban J connectivity index is 1.35. The number of alkyl halides is 2. The van der Waals surface area contributed by atoms with Gasteiger partial charge in [-0.3, -0.25) is 4.79 Å². The first-order valence-electron chi connectivity index (χ1n) is 10.7. The molecule has 0 atom stereocenters. The number of pyridine rings is 1. The zero-order valence-corrected chi connectivity index (χ0v) is 19.0. The lowest BCUT2D eigenvalue weighted by Gasteiger charge is -2.39. The van der Waals surface area contributed by atoms with Crippen LogP contribution in [0.1, 0.15) is 41.6 Å². The van der Waals surface area contributed by atoms with Crippen molar-refractivity contribution in [2.24, 2.45) is 5.41 Å².